The Morgan fingerprint density at radius 1 is 1.15 bits per heavy atom. The molecular formula is C25H24FN3O5. The van der Waals surface area contributed by atoms with Crippen LogP contribution in [-0.2, 0) is 20.8 Å². The Balaban J connectivity index is 1.51. The van der Waals surface area contributed by atoms with Gasteiger partial charge in [-0.25, -0.2) is 4.39 Å². The van der Waals surface area contributed by atoms with Gasteiger partial charge in [-0.3, -0.25) is 14.4 Å². The zero-order valence-electron chi connectivity index (χ0n) is 18.3. The highest BCUT2D eigenvalue weighted by Gasteiger charge is 2.30. The van der Waals surface area contributed by atoms with Gasteiger partial charge in [-0.2, -0.15) is 0 Å². The minimum Gasteiger partial charge on any atom is -0.451 e. The lowest BCUT2D eigenvalue weighted by Gasteiger charge is -2.21. The van der Waals surface area contributed by atoms with Gasteiger partial charge in [0.15, 0.2) is 5.76 Å². The van der Waals surface area contributed by atoms with Crippen LogP contribution < -0.4 is 16.0 Å². The van der Waals surface area contributed by atoms with Crippen LogP contribution in [0.3, 0.4) is 0 Å². The third kappa shape index (κ3) is 5.48. The highest BCUT2D eigenvalue weighted by molar-refractivity contribution is 5.99. The summed E-state index contributed by atoms with van der Waals surface area (Å²) in [5, 5.41) is 8.67. The summed E-state index contributed by atoms with van der Waals surface area (Å²) in [6.45, 7) is 0.527. The van der Waals surface area contributed by atoms with Gasteiger partial charge in [0.1, 0.15) is 23.7 Å². The van der Waals surface area contributed by atoms with Crippen LogP contribution in [0.1, 0.15) is 29.0 Å². The van der Waals surface area contributed by atoms with Crippen LogP contribution in [0.5, 0.6) is 0 Å². The lowest BCUT2D eigenvalue weighted by atomic mass is 9.98. The van der Waals surface area contributed by atoms with Crippen LogP contribution in [0.4, 0.5) is 4.39 Å². The normalized spacial score (nSPS) is 17.1. The fraction of sp³-hybridized carbons (Fsp3) is 0.280. The van der Waals surface area contributed by atoms with Gasteiger partial charge in [0.25, 0.3) is 5.91 Å². The Morgan fingerprint density at radius 3 is 2.68 bits per heavy atom. The van der Waals surface area contributed by atoms with Crippen LogP contribution >= 0.6 is 0 Å². The van der Waals surface area contributed by atoms with Gasteiger partial charge in [-0.1, -0.05) is 30.3 Å². The monoisotopic (exact) mass is 465 g/mol. The SMILES string of the molecule is O=C[C@H](C[C@@H]1CCNC1=O)NC(=O)[C@H](Cc1cccc(F)c1)NC(=O)c1cc2ccccc2o1. The molecule has 34 heavy (non-hydrogen) atoms. The Labute approximate surface area is 194 Å². The van der Waals surface area contributed by atoms with Gasteiger partial charge < -0.3 is 25.2 Å². The van der Waals surface area contributed by atoms with Gasteiger partial charge >= 0.3 is 0 Å². The van der Waals surface area contributed by atoms with E-state index in [0.717, 1.165) is 5.39 Å². The van der Waals surface area contributed by atoms with Crippen LogP contribution in [-0.4, -0.2) is 42.6 Å². The first-order valence-corrected chi connectivity index (χ1v) is 11.0. The van der Waals surface area contributed by atoms with E-state index in [2.05, 4.69) is 16.0 Å². The maximum Gasteiger partial charge on any atom is 0.287 e. The number of halogens is 1. The van der Waals surface area contributed by atoms with E-state index in [4.69, 9.17) is 4.42 Å². The molecule has 3 aromatic rings. The molecule has 0 bridgehead atoms. The summed E-state index contributed by atoms with van der Waals surface area (Å²) >= 11 is 0. The summed E-state index contributed by atoms with van der Waals surface area (Å²) in [6.07, 6.45) is 1.30. The second kappa shape index (κ2) is 10.3. The van der Waals surface area contributed by atoms with Crippen LogP contribution in [0.15, 0.2) is 59.0 Å². The summed E-state index contributed by atoms with van der Waals surface area (Å²) in [4.78, 5) is 49.4. The number of hydrogen-bond acceptors (Lipinski definition) is 5. The average Bonchev–Trinajstić information content (AvgIpc) is 3.44. The van der Waals surface area contributed by atoms with Gasteiger partial charge in [0.05, 0.1) is 6.04 Å². The minimum absolute atomic E-state index is 0.00888. The van der Waals surface area contributed by atoms with Crippen molar-refractivity contribution in [3.05, 3.63) is 71.7 Å². The minimum atomic E-state index is -1.11. The van der Waals surface area contributed by atoms with Crippen molar-refractivity contribution in [1.82, 2.24) is 16.0 Å². The molecule has 3 amide bonds. The maximum absolute atomic E-state index is 13.7. The van der Waals surface area contributed by atoms with Gasteiger partial charge in [0, 0.05) is 24.3 Å². The number of carbonyl (C=O) groups excluding carboxylic acids is 4. The van der Waals surface area contributed by atoms with Crippen molar-refractivity contribution < 1.29 is 28.0 Å². The predicted molar refractivity (Wildman–Crippen MR) is 121 cm³/mol. The number of para-hydroxylation sites is 1. The van der Waals surface area contributed by atoms with E-state index in [-0.39, 0.29) is 30.4 Å². The fourth-order valence-electron chi connectivity index (χ4n) is 4.04. The molecule has 9 heteroatoms. The molecule has 1 fully saturated rings. The maximum atomic E-state index is 13.7. The molecule has 1 aromatic heterocycles. The third-order valence-electron chi connectivity index (χ3n) is 5.79. The van der Waals surface area contributed by atoms with Crippen molar-refractivity contribution in [3.63, 3.8) is 0 Å². The number of benzene rings is 2. The molecule has 1 saturated heterocycles. The molecule has 0 unspecified atom stereocenters. The lowest BCUT2D eigenvalue weighted by molar-refractivity contribution is -0.127. The first-order chi connectivity index (χ1) is 16.4. The molecule has 0 spiro atoms. The zero-order valence-corrected chi connectivity index (χ0v) is 18.3. The lowest BCUT2D eigenvalue weighted by Crippen LogP contribution is -2.51. The van der Waals surface area contributed by atoms with E-state index in [0.29, 0.717) is 30.4 Å². The number of rotatable bonds is 9. The van der Waals surface area contributed by atoms with Crippen molar-refractivity contribution in [1.29, 1.82) is 0 Å². The Kier molecular flexibility index (Phi) is 7.01. The zero-order chi connectivity index (χ0) is 24.1. The van der Waals surface area contributed by atoms with E-state index in [1.54, 1.807) is 30.3 Å². The van der Waals surface area contributed by atoms with E-state index in [1.807, 2.05) is 6.07 Å². The number of furan rings is 1. The summed E-state index contributed by atoms with van der Waals surface area (Å²) in [5.74, 6) is -2.22. The highest BCUT2D eigenvalue weighted by atomic mass is 19.1. The molecular weight excluding hydrogens is 441 g/mol. The number of aldehydes is 1. The predicted octanol–water partition coefficient (Wildman–Crippen LogP) is 2.12. The van der Waals surface area contributed by atoms with Gasteiger partial charge in [-0.05, 0) is 42.7 Å². The largest absolute Gasteiger partial charge is 0.451 e. The van der Waals surface area contributed by atoms with E-state index >= 15 is 0 Å². The molecule has 8 nitrogen and oxygen atoms in total. The summed E-state index contributed by atoms with van der Waals surface area (Å²) in [6, 6.07) is 12.3. The average molecular weight is 465 g/mol. The smallest absolute Gasteiger partial charge is 0.287 e. The van der Waals surface area contributed by atoms with Gasteiger partial charge in [0.2, 0.25) is 11.8 Å². The molecule has 0 saturated carbocycles. The summed E-state index contributed by atoms with van der Waals surface area (Å²) in [5.41, 5.74) is 1.01. The number of hydrogen-bond donors (Lipinski definition) is 3. The second-order valence-electron chi connectivity index (χ2n) is 8.27. The highest BCUT2D eigenvalue weighted by Crippen LogP contribution is 2.19. The molecule has 4 rings (SSSR count). The Bertz CT molecular complexity index is 1190. The number of carbonyl (C=O) groups is 4. The third-order valence-corrected chi connectivity index (χ3v) is 5.79. The quantitative estimate of drug-likeness (QED) is 0.419. The van der Waals surface area contributed by atoms with Crippen LogP contribution in [0, 0.1) is 11.7 Å². The fourth-order valence-corrected chi connectivity index (χ4v) is 4.04. The van der Waals surface area contributed by atoms with Crippen molar-refractivity contribution in [3.8, 4) is 0 Å². The number of amides is 3. The Morgan fingerprint density at radius 2 is 1.97 bits per heavy atom. The van der Waals surface area contributed by atoms with Crippen molar-refractivity contribution >= 4 is 35.0 Å². The van der Waals surface area contributed by atoms with Crippen LogP contribution in [0.25, 0.3) is 11.0 Å². The van der Waals surface area contributed by atoms with E-state index in [9.17, 15) is 23.6 Å². The van der Waals surface area contributed by atoms with Crippen LogP contribution in [0.2, 0.25) is 0 Å². The standard InChI is InChI=1S/C25H24FN3O5/c26-18-6-3-4-15(10-18)11-20(24(32)28-19(14-30)12-17-8-9-27-23(17)31)29-25(33)22-13-16-5-1-2-7-21(16)34-22/h1-7,10,13-14,17,19-20H,8-9,11-12H2,(H,27,31)(H,28,32)(H,29,33)/t17-,19-,20-/m0/s1. The first-order valence-electron chi connectivity index (χ1n) is 11.0. The molecule has 3 atom stereocenters. The number of nitrogens with one attached hydrogen (secondary N) is 3. The molecule has 0 aliphatic carbocycles. The topological polar surface area (TPSA) is 118 Å². The van der Waals surface area contributed by atoms with E-state index in [1.165, 1.54) is 18.2 Å². The van der Waals surface area contributed by atoms with Crippen molar-refractivity contribution in [2.24, 2.45) is 5.92 Å². The first kappa shape index (κ1) is 23.2. The summed E-state index contributed by atoms with van der Waals surface area (Å²) < 4.78 is 19.3. The van der Waals surface area contributed by atoms with Crippen molar-refractivity contribution in [2.75, 3.05) is 6.54 Å². The van der Waals surface area contributed by atoms with Crippen molar-refractivity contribution in [2.45, 2.75) is 31.3 Å². The second-order valence-corrected chi connectivity index (χ2v) is 8.27. The Hall–Kier alpha value is -4.01. The molecule has 176 valence electrons. The number of fused-ring (bicyclic) bond motifs is 1. The molecule has 0 radical (unpaired) electrons. The molecule has 2 aromatic carbocycles. The molecule has 3 N–H and O–H groups in total. The van der Waals surface area contributed by atoms with E-state index < -0.39 is 29.7 Å². The summed E-state index contributed by atoms with van der Waals surface area (Å²) in [7, 11) is 0. The molecule has 1 aliphatic rings. The molecule has 1 aliphatic heterocycles. The molecule has 2 heterocycles. The van der Waals surface area contributed by atoms with Gasteiger partial charge in [-0.15, -0.1) is 0 Å².